The first-order valence-corrected chi connectivity index (χ1v) is 6.29. The molecule has 2 rings (SSSR count). The molecule has 3 nitrogen and oxygen atoms in total. The lowest BCUT2D eigenvalue weighted by molar-refractivity contribution is 0.512. The molecule has 86 valence electrons. The lowest BCUT2D eigenvalue weighted by Crippen LogP contribution is -2.33. The Bertz CT molecular complexity index is 464. The molecule has 4 heteroatoms. The van der Waals surface area contributed by atoms with Gasteiger partial charge in [0.1, 0.15) is 5.00 Å². The lowest BCUT2D eigenvalue weighted by Gasteiger charge is -2.15. The summed E-state index contributed by atoms with van der Waals surface area (Å²) in [6.45, 7) is 5.07. The minimum Gasteiger partial charge on any atom is -0.374 e. The molecule has 1 atom stereocenters. The summed E-state index contributed by atoms with van der Waals surface area (Å²) in [6.07, 6.45) is 0. The van der Waals surface area contributed by atoms with Gasteiger partial charge in [-0.2, -0.15) is 4.37 Å². The standard InChI is InChI=1S/C12H17N3S/c1-8(2)10(13)7-14-12-9-5-3-4-6-11(9)15-16-12/h3-6,8,10,14H,7,13H2,1-2H3. The average molecular weight is 235 g/mol. The van der Waals surface area contributed by atoms with Crippen molar-refractivity contribution in [2.75, 3.05) is 11.9 Å². The second-order valence-corrected chi connectivity index (χ2v) is 5.09. The maximum absolute atomic E-state index is 6.00. The van der Waals surface area contributed by atoms with Gasteiger partial charge in [-0.15, -0.1) is 0 Å². The Morgan fingerprint density at radius 3 is 2.88 bits per heavy atom. The molecule has 16 heavy (non-hydrogen) atoms. The molecule has 1 heterocycles. The summed E-state index contributed by atoms with van der Waals surface area (Å²) >= 11 is 1.50. The smallest absolute Gasteiger partial charge is 0.117 e. The number of hydrogen-bond acceptors (Lipinski definition) is 4. The van der Waals surface area contributed by atoms with Crippen molar-refractivity contribution in [3.8, 4) is 0 Å². The summed E-state index contributed by atoms with van der Waals surface area (Å²) in [5.74, 6) is 0.492. The second-order valence-electron chi connectivity index (χ2n) is 4.32. The van der Waals surface area contributed by atoms with E-state index in [4.69, 9.17) is 5.73 Å². The van der Waals surface area contributed by atoms with Gasteiger partial charge >= 0.3 is 0 Å². The van der Waals surface area contributed by atoms with Gasteiger partial charge in [-0.05, 0) is 29.6 Å². The van der Waals surface area contributed by atoms with Crippen LogP contribution < -0.4 is 11.1 Å². The average Bonchev–Trinajstić information content (AvgIpc) is 2.69. The highest BCUT2D eigenvalue weighted by atomic mass is 32.1. The highest BCUT2D eigenvalue weighted by Gasteiger charge is 2.09. The van der Waals surface area contributed by atoms with Gasteiger partial charge in [0.2, 0.25) is 0 Å². The van der Waals surface area contributed by atoms with Crippen molar-refractivity contribution in [3.05, 3.63) is 24.3 Å². The van der Waals surface area contributed by atoms with Crippen molar-refractivity contribution in [3.63, 3.8) is 0 Å². The first-order valence-electron chi connectivity index (χ1n) is 5.52. The highest BCUT2D eigenvalue weighted by molar-refractivity contribution is 7.11. The van der Waals surface area contributed by atoms with Crippen LogP contribution in [0.25, 0.3) is 10.9 Å². The third-order valence-corrected chi connectivity index (χ3v) is 3.57. The van der Waals surface area contributed by atoms with Gasteiger partial charge in [0, 0.05) is 18.0 Å². The van der Waals surface area contributed by atoms with E-state index in [1.54, 1.807) is 0 Å². The van der Waals surface area contributed by atoms with E-state index < -0.39 is 0 Å². The third-order valence-electron chi connectivity index (χ3n) is 2.74. The number of fused-ring (bicyclic) bond motifs is 1. The van der Waals surface area contributed by atoms with Crippen LogP contribution in [0.4, 0.5) is 5.00 Å². The fraction of sp³-hybridized carbons (Fsp3) is 0.417. The normalized spacial score (nSPS) is 13.2. The molecule has 1 aromatic carbocycles. The summed E-state index contributed by atoms with van der Waals surface area (Å²) in [7, 11) is 0. The van der Waals surface area contributed by atoms with Crippen molar-refractivity contribution in [2.45, 2.75) is 19.9 Å². The number of rotatable bonds is 4. The fourth-order valence-electron chi connectivity index (χ4n) is 1.46. The first-order chi connectivity index (χ1) is 7.68. The molecule has 0 aliphatic heterocycles. The van der Waals surface area contributed by atoms with Gasteiger partial charge < -0.3 is 11.1 Å². The van der Waals surface area contributed by atoms with E-state index in [1.165, 1.54) is 16.9 Å². The summed E-state index contributed by atoms with van der Waals surface area (Å²) in [6, 6.07) is 8.33. The van der Waals surface area contributed by atoms with Crippen molar-refractivity contribution in [1.82, 2.24) is 4.37 Å². The number of nitrogens with two attached hydrogens (primary N) is 1. The molecule has 0 amide bonds. The zero-order valence-corrected chi connectivity index (χ0v) is 10.4. The van der Waals surface area contributed by atoms with E-state index in [0.29, 0.717) is 5.92 Å². The van der Waals surface area contributed by atoms with Gasteiger partial charge in [-0.3, -0.25) is 0 Å². The Labute approximate surface area is 99.8 Å². The largest absolute Gasteiger partial charge is 0.374 e. The molecule has 0 spiro atoms. The van der Waals surface area contributed by atoms with Crippen LogP contribution in [0, 0.1) is 5.92 Å². The van der Waals surface area contributed by atoms with Crippen molar-refractivity contribution in [2.24, 2.45) is 11.7 Å². The van der Waals surface area contributed by atoms with E-state index in [9.17, 15) is 0 Å². The lowest BCUT2D eigenvalue weighted by atomic mass is 10.1. The molecule has 1 aromatic heterocycles. The Balaban J connectivity index is 2.10. The SMILES string of the molecule is CC(C)C(N)CNc1snc2ccccc12. The van der Waals surface area contributed by atoms with Crippen LogP contribution in [0.1, 0.15) is 13.8 Å². The van der Waals surface area contributed by atoms with E-state index in [2.05, 4.69) is 29.6 Å². The third kappa shape index (κ3) is 2.33. The van der Waals surface area contributed by atoms with Crippen LogP contribution in [0.5, 0.6) is 0 Å². The Hall–Kier alpha value is -1.13. The van der Waals surface area contributed by atoms with Gasteiger partial charge in [-0.25, -0.2) is 0 Å². The van der Waals surface area contributed by atoms with Crippen molar-refractivity contribution in [1.29, 1.82) is 0 Å². The van der Waals surface area contributed by atoms with Crippen molar-refractivity contribution < 1.29 is 0 Å². The van der Waals surface area contributed by atoms with E-state index in [0.717, 1.165) is 17.1 Å². The monoisotopic (exact) mass is 235 g/mol. The van der Waals surface area contributed by atoms with E-state index >= 15 is 0 Å². The summed E-state index contributed by atoms with van der Waals surface area (Å²) in [5, 5.41) is 5.68. The summed E-state index contributed by atoms with van der Waals surface area (Å²) in [4.78, 5) is 0. The molecule has 0 saturated heterocycles. The molecule has 2 aromatic rings. The molecule has 0 fully saturated rings. The Kier molecular flexibility index (Phi) is 3.41. The predicted molar refractivity (Wildman–Crippen MR) is 70.9 cm³/mol. The summed E-state index contributed by atoms with van der Waals surface area (Å²) < 4.78 is 4.38. The zero-order valence-electron chi connectivity index (χ0n) is 9.60. The number of anilines is 1. The molecule has 0 bridgehead atoms. The van der Waals surface area contributed by atoms with Crippen molar-refractivity contribution >= 4 is 27.4 Å². The maximum atomic E-state index is 6.00. The minimum atomic E-state index is 0.181. The maximum Gasteiger partial charge on any atom is 0.117 e. The van der Waals surface area contributed by atoms with E-state index in [1.807, 2.05) is 18.2 Å². The number of benzene rings is 1. The second kappa shape index (κ2) is 4.80. The molecular weight excluding hydrogens is 218 g/mol. The molecule has 1 unspecified atom stereocenters. The van der Waals surface area contributed by atoms with Crippen LogP contribution in [-0.2, 0) is 0 Å². The van der Waals surface area contributed by atoms with Crippen LogP contribution in [0.15, 0.2) is 24.3 Å². The summed E-state index contributed by atoms with van der Waals surface area (Å²) in [5.41, 5.74) is 7.05. The van der Waals surface area contributed by atoms with Crippen LogP contribution >= 0.6 is 11.5 Å². The molecule has 0 saturated carbocycles. The van der Waals surface area contributed by atoms with Gasteiger partial charge in [0.15, 0.2) is 0 Å². The number of aromatic nitrogens is 1. The number of nitrogens with one attached hydrogen (secondary N) is 1. The van der Waals surface area contributed by atoms with Crippen LogP contribution in [0.3, 0.4) is 0 Å². The predicted octanol–water partition coefficient (Wildman–Crippen LogP) is 2.69. The Morgan fingerprint density at radius 2 is 2.12 bits per heavy atom. The van der Waals surface area contributed by atoms with E-state index in [-0.39, 0.29) is 6.04 Å². The first kappa shape index (κ1) is 11.4. The molecule has 0 radical (unpaired) electrons. The topological polar surface area (TPSA) is 50.9 Å². The van der Waals surface area contributed by atoms with Crippen LogP contribution in [-0.4, -0.2) is 17.0 Å². The highest BCUT2D eigenvalue weighted by Crippen LogP contribution is 2.27. The van der Waals surface area contributed by atoms with Crippen LogP contribution in [0.2, 0.25) is 0 Å². The Morgan fingerprint density at radius 1 is 1.38 bits per heavy atom. The molecule has 3 N–H and O–H groups in total. The number of nitrogens with zero attached hydrogens (tertiary/aromatic N) is 1. The molecule has 0 aliphatic carbocycles. The quantitative estimate of drug-likeness (QED) is 0.856. The fourth-order valence-corrected chi connectivity index (χ4v) is 2.23. The van der Waals surface area contributed by atoms with Gasteiger partial charge in [-0.1, -0.05) is 26.0 Å². The number of hydrogen-bond donors (Lipinski definition) is 2. The van der Waals surface area contributed by atoms with Gasteiger partial charge in [0.25, 0.3) is 0 Å². The minimum absolute atomic E-state index is 0.181. The molecule has 0 aliphatic rings. The van der Waals surface area contributed by atoms with Gasteiger partial charge in [0.05, 0.1) is 5.52 Å². The zero-order chi connectivity index (χ0) is 11.5. The molecular formula is C12H17N3S.